The molecular formula is C23H30N2O3. The number of hydrogen-bond acceptors (Lipinski definition) is 4. The number of nitrogens with one attached hydrogen (secondary N) is 1. The molecule has 150 valence electrons. The Morgan fingerprint density at radius 2 is 1.96 bits per heavy atom. The van der Waals surface area contributed by atoms with Crippen LogP contribution in [-0.2, 0) is 16.1 Å². The molecule has 0 saturated carbocycles. The normalized spacial score (nSPS) is 20.4. The number of fused-ring (bicyclic) bond motifs is 1. The molecular weight excluding hydrogens is 352 g/mol. The number of benzene rings is 2. The molecule has 28 heavy (non-hydrogen) atoms. The minimum absolute atomic E-state index is 0.0397. The first-order chi connectivity index (χ1) is 13.8. The van der Waals surface area contributed by atoms with E-state index in [0.717, 1.165) is 44.8 Å². The number of nitrogens with zero attached hydrogens (tertiary/aromatic N) is 1. The third kappa shape index (κ3) is 4.83. The Hall–Kier alpha value is -2.11. The number of ether oxygens (including phenoxy) is 2. The van der Waals surface area contributed by atoms with E-state index in [4.69, 9.17) is 9.47 Å². The lowest BCUT2D eigenvalue weighted by molar-refractivity contribution is -0.123. The number of carbonyl (C=O) groups excluding carboxylic acids is 1. The van der Waals surface area contributed by atoms with Crippen LogP contribution in [0.4, 0.5) is 0 Å². The molecule has 0 bridgehead atoms. The van der Waals surface area contributed by atoms with Gasteiger partial charge in [-0.15, -0.1) is 0 Å². The van der Waals surface area contributed by atoms with E-state index < -0.39 is 0 Å². The van der Waals surface area contributed by atoms with Gasteiger partial charge in [-0.1, -0.05) is 36.8 Å². The lowest BCUT2D eigenvalue weighted by Crippen LogP contribution is -2.35. The molecule has 2 fully saturated rings. The summed E-state index contributed by atoms with van der Waals surface area (Å²) in [6.07, 6.45) is 6.08. The molecule has 0 aromatic heterocycles. The Kier molecular flexibility index (Phi) is 6.45. The molecule has 2 saturated heterocycles. The Labute approximate surface area is 167 Å². The molecule has 0 spiro atoms. The van der Waals surface area contributed by atoms with E-state index in [1.165, 1.54) is 35.6 Å². The fraction of sp³-hybridized carbons (Fsp3) is 0.522. The molecule has 5 nitrogen and oxygen atoms in total. The minimum atomic E-state index is -0.0902. The maximum atomic E-state index is 12.2. The third-order valence-corrected chi connectivity index (χ3v) is 5.74. The highest BCUT2D eigenvalue weighted by Gasteiger charge is 2.18. The Balaban J connectivity index is 1.44. The van der Waals surface area contributed by atoms with Crippen molar-refractivity contribution in [3.63, 3.8) is 0 Å². The fourth-order valence-corrected chi connectivity index (χ4v) is 4.18. The van der Waals surface area contributed by atoms with Gasteiger partial charge in [-0.2, -0.15) is 0 Å². The van der Waals surface area contributed by atoms with Crippen molar-refractivity contribution in [1.29, 1.82) is 0 Å². The number of hydrogen-bond donors (Lipinski definition) is 1. The first-order valence-electron chi connectivity index (χ1n) is 10.5. The van der Waals surface area contributed by atoms with E-state index in [-0.39, 0.29) is 18.6 Å². The van der Waals surface area contributed by atoms with Crippen molar-refractivity contribution >= 4 is 16.7 Å². The molecule has 2 aromatic carbocycles. The van der Waals surface area contributed by atoms with E-state index in [0.29, 0.717) is 6.54 Å². The average molecular weight is 383 g/mol. The van der Waals surface area contributed by atoms with E-state index in [1.54, 1.807) is 0 Å². The number of piperidine rings is 1. The molecule has 5 heteroatoms. The second-order valence-corrected chi connectivity index (χ2v) is 7.83. The highest BCUT2D eigenvalue weighted by Crippen LogP contribution is 2.30. The summed E-state index contributed by atoms with van der Waals surface area (Å²) in [5.74, 6) is 0.726. The van der Waals surface area contributed by atoms with Gasteiger partial charge in [0.2, 0.25) is 0 Å². The summed E-state index contributed by atoms with van der Waals surface area (Å²) in [7, 11) is 0. The van der Waals surface area contributed by atoms with Crippen molar-refractivity contribution in [2.75, 3.05) is 32.8 Å². The molecule has 2 aromatic rings. The monoisotopic (exact) mass is 382 g/mol. The second-order valence-electron chi connectivity index (χ2n) is 7.83. The van der Waals surface area contributed by atoms with Crippen molar-refractivity contribution in [2.24, 2.45) is 0 Å². The van der Waals surface area contributed by atoms with E-state index in [9.17, 15) is 4.79 Å². The topological polar surface area (TPSA) is 50.8 Å². The molecule has 0 aliphatic carbocycles. The van der Waals surface area contributed by atoms with Gasteiger partial charge < -0.3 is 14.8 Å². The van der Waals surface area contributed by atoms with E-state index >= 15 is 0 Å². The van der Waals surface area contributed by atoms with Crippen LogP contribution in [-0.4, -0.2) is 49.8 Å². The third-order valence-electron chi connectivity index (χ3n) is 5.74. The number of likely N-dealkylation sites (tertiary alicyclic amines) is 1. The molecule has 1 unspecified atom stereocenters. The molecule has 0 radical (unpaired) electrons. The minimum Gasteiger partial charge on any atom is -0.483 e. The zero-order valence-electron chi connectivity index (χ0n) is 16.5. The van der Waals surface area contributed by atoms with Crippen LogP contribution in [0.15, 0.2) is 36.4 Å². The van der Waals surface area contributed by atoms with Gasteiger partial charge in [0.1, 0.15) is 5.75 Å². The van der Waals surface area contributed by atoms with Crippen LogP contribution in [0.25, 0.3) is 10.8 Å². The lowest BCUT2D eigenvalue weighted by Gasteiger charge is -2.27. The second kappa shape index (κ2) is 9.39. The van der Waals surface area contributed by atoms with Gasteiger partial charge in [0.05, 0.1) is 6.10 Å². The van der Waals surface area contributed by atoms with Crippen LogP contribution in [0.2, 0.25) is 0 Å². The number of rotatable bonds is 7. The van der Waals surface area contributed by atoms with Gasteiger partial charge in [0, 0.05) is 25.3 Å². The molecule has 1 amide bonds. The quantitative estimate of drug-likeness (QED) is 0.796. The average Bonchev–Trinajstić information content (AvgIpc) is 3.26. The van der Waals surface area contributed by atoms with E-state index in [1.807, 2.05) is 6.07 Å². The predicted molar refractivity (Wildman–Crippen MR) is 111 cm³/mol. The lowest BCUT2D eigenvalue weighted by atomic mass is 10.0. The Morgan fingerprint density at radius 3 is 2.79 bits per heavy atom. The first-order valence-corrected chi connectivity index (χ1v) is 10.5. The van der Waals surface area contributed by atoms with Crippen LogP contribution < -0.4 is 10.1 Å². The van der Waals surface area contributed by atoms with Crippen LogP contribution in [0.3, 0.4) is 0 Å². The van der Waals surface area contributed by atoms with Gasteiger partial charge in [-0.25, -0.2) is 0 Å². The highest BCUT2D eigenvalue weighted by molar-refractivity contribution is 5.88. The largest absolute Gasteiger partial charge is 0.483 e. The van der Waals surface area contributed by atoms with Crippen LogP contribution in [0.1, 0.15) is 37.7 Å². The zero-order chi connectivity index (χ0) is 19.2. The summed E-state index contributed by atoms with van der Waals surface area (Å²) in [4.78, 5) is 14.7. The van der Waals surface area contributed by atoms with Gasteiger partial charge in [-0.3, -0.25) is 9.69 Å². The van der Waals surface area contributed by atoms with Crippen molar-refractivity contribution in [3.05, 3.63) is 42.0 Å². The predicted octanol–water partition coefficient (Wildman–Crippen LogP) is 3.50. The number of carbonyl (C=O) groups is 1. The number of amides is 1. The maximum Gasteiger partial charge on any atom is 0.258 e. The van der Waals surface area contributed by atoms with Gasteiger partial charge in [0.25, 0.3) is 5.91 Å². The molecule has 1 atom stereocenters. The smallest absolute Gasteiger partial charge is 0.258 e. The summed E-state index contributed by atoms with van der Waals surface area (Å²) < 4.78 is 11.5. The molecule has 1 N–H and O–H groups in total. The Bertz CT molecular complexity index is 796. The summed E-state index contributed by atoms with van der Waals surface area (Å²) in [5.41, 5.74) is 1.19. The summed E-state index contributed by atoms with van der Waals surface area (Å²) in [5, 5.41) is 5.36. The molecule has 2 aliphatic heterocycles. The van der Waals surface area contributed by atoms with Crippen molar-refractivity contribution in [2.45, 2.75) is 44.8 Å². The van der Waals surface area contributed by atoms with E-state index in [2.05, 4.69) is 40.5 Å². The standard InChI is InChI=1S/C23H30N2O3/c26-23(24-15-19-8-6-14-27-19)17-28-22-11-10-18-7-2-3-9-20(18)21(22)16-25-12-4-1-5-13-25/h2-3,7,9-11,19H,1,4-6,8,12-17H2,(H,24,26). The van der Waals surface area contributed by atoms with Crippen LogP contribution >= 0.6 is 0 Å². The van der Waals surface area contributed by atoms with Gasteiger partial charge >= 0.3 is 0 Å². The van der Waals surface area contributed by atoms with Crippen molar-refractivity contribution in [3.8, 4) is 5.75 Å². The van der Waals surface area contributed by atoms with Crippen molar-refractivity contribution < 1.29 is 14.3 Å². The van der Waals surface area contributed by atoms with Crippen molar-refractivity contribution in [1.82, 2.24) is 10.2 Å². The van der Waals surface area contributed by atoms with Gasteiger partial charge in [-0.05, 0) is 55.6 Å². The SMILES string of the molecule is O=C(COc1ccc2ccccc2c1CN1CCCCC1)NCC1CCCO1. The van der Waals surface area contributed by atoms with Gasteiger partial charge in [0.15, 0.2) is 6.61 Å². The maximum absolute atomic E-state index is 12.2. The fourth-order valence-electron chi connectivity index (χ4n) is 4.18. The highest BCUT2D eigenvalue weighted by atomic mass is 16.5. The molecule has 2 heterocycles. The summed E-state index contributed by atoms with van der Waals surface area (Å²) in [6, 6.07) is 12.5. The van der Waals surface area contributed by atoms with Crippen LogP contribution in [0, 0.1) is 0 Å². The Morgan fingerprint density at radius 1 is 1.11 bits per heavy atom. The van der Waals surface area contributed by atoms with Crippen LogP contribution in [0.5, 0.6) is 5.75 Å². The first kappa shape index (κ1) is 19.2. The summed E-state index contributed by atoms with van der Waals surface area (Å²) >= 11 is 0. The molecule has 4 rings (SSSR count). The summed E-state index contributed by atoms with van der Waals surface area (Å²) in [6.45, 7) is 4.54. The zero-order valence-corrected chi connectivity index (χ0v) is 16.5. The molecule has 2 aliphatic rings.